The van der Waals surface area contributed by atoms with E-state index in [0.717, 1.165) is 11.1 Å². The number of hydrogen-bond donors (Lipinski definition) is 1. The molecule has 0 spiro atoms. The number of aliphatic imine (C=N–C) groups is 1. The van der Waals surface area contributed by atoms with Crippen molar-refractivity contribution in [2.45, 2.75) is 0 Å². The molecule has 0 bridgehead atoms. The van der Waals surface area contributed by atoms with Crippen molar-refractivity contribution < 1.29 is 39.5 Å². The number of carbonyl (C=O) groups excluding carboxylic acids is 1. The maximum atomic E-state index is 11.9. The van der Waals surface area contributed by atoms with Gasteiger partial charge in [-0.2, -0.15) is 0 Å². The average Bonchev–Trinajstić information content (AvgIpc) is 2.64. The number of benzene rings is 2. The third-order valence-corrected chi connectivity index (χ3v) is 3.05. The van der Waals surface area contributed by atoms with E-state index in [2.05, 4.69) is 10.3 Å². The van der Waals surface area contributed by atoms with Crippen LogP contribution in [0.3, 0.4) is 0 Å². The SMILES string of the molecule is O=C1Nc2ccccc2C(c2ccccc2)=N/C1=C/[O-].[Na+]. The van der Waals surface area contributed by atoms with Gasteiger partial charge in [0.05, 0.1) is 11.4 Å². The summed E-state index contributed by atoms with van der Waals surface area (Å²) >= 11 is 0. The minimum Gasteiger partial charge on any atom is -0.876 e. The largest absolute Gasteiger partial charge is 1.00 e. The quantitative estimate of drug-likeness (QED) is 0.401. The van der Waals surface area contributed by atoms with E-state index in [-0.39, 0.29) is 35.3 Å². The molecule has 98 valence electrons. The number of carbonyl (C=O) groups is 1. The normalized spacial score (nSPS) is 15.3. The number of hydrogen-bond acceptors (Lipinski definition) is 3. The van der Waals surface area contributed by atoms with Crippen LogP contribution in [0.15, 0.2) is 71.5 Å². The smallest absolute Gasteiger partial charge is 0.876 e. The molecule has 0 fully saturated rings. The summed E-state index contributed by atoms with van der Waals surface area (Å²) in [5.74, 6) is -0.488. The molecule has 3 rings (SSSR count). The summed E-state index contributed by atoms with van der Waals surface area (Å²) in [7, 11) is 0. The van der Waals surface area contributed by atoms with Crippen LogP contribution in [0.2, 0.25) is 0 Å². The van der Waals surface area contributed by atoms with E-state index in [1.165, 1.54) is 0 Å². The van der Waals surface area contributed by atoms with Crippen LogP contribution in [0.1, 0.15) is 11.1 Å². The Morgan fingerprint density at radius 1 is 1.00 bits per heavy atom. The van der Waals surface area contributed by atoms with E-state index in [4.69, 9.17) is 0 Å². The van der Waals surface area contributed by atoms with Gasteiger partial charge >= 0.3 is 29.6 Å². The molecule has 5 heteroatoms. The van der Waals surface area contributed by atoms with Gasteiger partial charge in [-0.1, -0.05) is 48.5 Å². The summed E-state index contributed by atoms with van der Waals surface area (Å²) in [6.45, 7) is 0. The third kappa shape index (κ3) is 3.08. The molecule has 0 unspecified atom stereocenters. The first-order valence-electron chi connectivity index (χ1n) is 6.16. The zero-order valence-electron chi connectivity index (χ0n) is 11.5. The van der Waals surface area contributed by atoms with Crippen LogP contribution in [0.25, 0.3) is 0 Å². The van der Waals surface area contributed by atoms with Gasteiger partial charge in [0.1, 0.15) is 5.70 Å². The van der Waals surface area contributed by atoms with Gasteiger partial charge in [-0.15, -0.1) is 6.26 Å². The molecule has 1 aliphatic heterocycles. The number of nitrogens with one attached hydrogen (secondary N) is 1. The van der Waals surface area contributed by atoms with Gasteiger partial charge in [0.25, 0.3) is 5.91 Å². The molecular formula is C16H11N2NaO2. The van der Waals surface area contributed by atoms with Crippen molar-refractivity contribution in [1.29, 1.82) is 0 Å². The van der Waals surface area contributed by atoms with E-state index in [0.29, 0.717) is 17.7 Å². The van der Waals surface area contributed by atoms with Crippen molar-refractivity contribution in [3.63, 3.8) is 0 Å². The Balaban J connectivity index is 0.00000161. The predicted molar refractivity (Wildman–Crippen MR) is 75.2 cm³/mol. The summed E-state index contributed by atoms with van der Waals surface area (Å²) < 4.78 is 0. The van der Waals surface area contributed by atoms with Gasteiger partial charge in [-0.05, 0) is 6.07 Å². The topological polar surface area (TPSA) is 64.5 Å². The van der Waals surface area contributed by atoms with E-state index in [9.17, 15) is 9.90 Å². The Hall–Kier alpha value is -1.88. The molecule has 0 radical (unpaired) electrons. The number of para-hydroxylation sites is 1. The molecule has 0 aromatic heterocycles. The molecule has 0 atom stereocenters. The van der Waals surface area contributed by atoms with Gasteiger partial charge in [-0.3, -0.25) is 4.79 Å². The van der Waals surface area contributed by atoms with Gasteiger partial charge in [-0.25, -0.2) is 4.99 Å². The predicted octanol–water partition coefficient (Wildman–Crippen LogP) is -1.32. The first kappa shape index (κ1) is 15.5. The summed E-state index contributed by atoms with van der Waals surface area (Å²) in [6.07, 6.45) is 0.476. The Bertz CT molecular complexity index is 724. The first-order chi connectivity index (χ1) is 9.79. The molecule has 2 aromatic rings. The second-order valence-electron chi connectivity index (χ2n) is 4.33. The molecule has 21 heavy (non-hydrogen) atoms. The Kier molecular flexibility index (Phi) is 4.96. The number of benzodiazepines with no additional fused rings is 1. The number of amides is 1. The van der Waals surface area contributed by atoms with Crippen molar-refractivity contribution in [1.82, 2.24) is 0 Å². The number of fused-ring (bicyclic) bond motifs is 1. The van der Waals surface area contributed by atoms with Crippen LogP contribution < -0.4 is 40.0 Å². The van der Waals surface area contributed by atoms with E-state index in [1.54, 1.807) is 6.07 Å². The van der Waals surface area contributed by atoms with Crippen LogP contribution in [-0.2, 0) is 4.79 Å². The summed E-state index contributed by atoms with van der Waals surface area (Å²) in [5, 5.41) is 13.7. The molecule has 0 saturated heterocycles. The molecule has 4 nitrogen and oxygen atoms in total. The third-order valence-electron chi connectivity index (χ3n) is 3.05. The second-order valence-corrected chi connectivity index (χ2v) is 4.33. The fourth-order valence-corrected chi connectivity index (χ4v) is 2.11. The van der Waals surface area contributed by atoms with Crippen LogP contribution in [0, 0.1) is 0 Å². The second kappa shape index (κ2) is 6.72. The van der Waals surface area contributed by atoms with E-state index < -0.39 is 5.91 Å². The van der Waals surface area contributed by atoms with Gasteiger partial charge in [0.15, 0.2) is 0 Å². The van der Waals surface area contributed by atoms with Gasteiger partial charge in [0.2, 0.25) is 0 Å². The summed E-state index contributed by atoms with van der Waals surface area (Å²) in [4.78, 5) is 16.1. The Morgan fingerprint density at radius 3 is 2.38 bits per heavy atom. The van der Waals surface area contributed by atoms with Crippen LogP contribution >= 0.6 is 0 Å². The average molecular weight is 286 g/mol. The number of nitrogens with zero attached hydrogens (tertiary/aromatic N) is 1. The molecule has 1 heterocycles. The first-order valence-corrected chi connectivity index (χ1v) is 6.16. The molecule has 0 aliphatic carbocycles. The van der Waals surface area contributed by atoms with Gasteiger partial charge < -0.3 is 10.4 Å². The van der Waals surface area contributed by atoms with E-state index >= 15 is 0 Å². The maximum absolute atomic E-state index is 11.9. The van der Waals surface area contributed by atoms with Crippen LogP contribution in [0.4, 0.5) is 5.69 Å². The van der Waals surface area contributed by atoms with Crippen LogP contribution in [-0.4, -0.2) is 11.6 Å². The standard InChI is InChI=1S/C16H12N2O2.Na/c19-10-14-16(20)18-13-9-5-4-8-12(13)15(17-14)11-6-2-1-3-7-11;/h1-10,19H,(H,18,20);/q;+1/p-1/b14-10+;. The minimum absolute atomic E-state index is 0. The molecule has 1 N–H and O–H groups in total. The summed E-state index contributed by atoms with van der Waals surface area (Å²) in [6, 6.07) is 16.8. The molecule has 1 aliphatic rings. The van der Waals surface area contributed by atoms with Crippen molar-refractivity contribution >= 4 is 17.3 Å². The molecule has 0 saturated carbocycles. The number of anilines is 1. The van der Waals surface area contributed by atoms with Crippen molar-refractivity contribution in [3.05, 3.63) is 77.7 Å². The Labute approximate surface area is 144 Å². The monoisotopic (exact) mass is 286 g/mol. The molecular weight excluding hydrogens is 275 g/mol. The van der Waals surface area contributed by atoms with Gasteiger partial charge in [0, 0.05) is 11.1 Å². The van der Waals surface area contributed by atoms with Crippen molar-refractivity contribution in [2.24, 2.45) is 4.99 Å². The Morgan fingerprint density at radius 2 is 1.67 bits per heavy atom. The van der Waals surface area contributed by atoms with Crippen molar-refractivity contribution in [2.75, 3.05) is 5.32 Å². The number of rotatable bonds is 1. The minimum atomic E-state index is -0.488. The van der Waals surface area contributed by atoms with Crippen LogP contribution in [0.5, 0.6) is 0 Å². The van der Waals surface area contributed by atoms with Crippen molar-refractivity contribution in [3.8, 4) is 0 Å². The maximum Gasteiger partial charge on any atom is 1.00 e. The molecule has 2 aromatic carbocycles. The fourth-order valence-electron chi connectivity index (χ4n) is 2.11. The zero-order valence-corrected chi connectivity index (χ0v) is 13.5. The molecule has 1 amide bonds. The summed E-state index contributed by atoms with van der Waals surface area (Å²) in [5.41, 5.74) is 2.79. The van der Waals surface area contributed by atoms with E-state index in [1.807, 2.05) is 48.5 Å². The fraction of sp³-hybridized carbons (Fsp3) is 0. The zero-order chi connectivity index (χ0) is 13.9.